The van der Waals surface area contributed by atoms with Crippen LogP contribution >= 0.6 is 0 Å². The lowest BCUT2D eigenvalue weighted by Crippen LogP contribution is -2.27. The average Bonchev–Trinajstić information content (AvgIpc) is 3.03. The van der Waals surface area contributed by atoms with Crippen LogP contribution in [0.5, 0.6) is 0 Å². The fraction of sp³-hybridized carbons (Fsp3) is 0.615. The Morgan fingerprint density at radius 1 is 0.977 bits per heavy atom. The molecule has 2 heterocycles. The topological polar surface area (TPSA) is 50.0 Å². The zero-order valence-corrected chi connectivity index (χ0v) is 30.6. The summed E-state index contributed by atoms with van der Waals surface area (Å²) in [6.45, 7) is 29.9. The van der Waals surface area contributed by atoms with E-state index in [0.717, 1.165) is 48.7 Å². The van der Waals surface area contributed by atoms with Crippen molar-refractivity contribution in [2.24, 2.45) is 16.8 Å². The van der Waals surface area contributed by atoms with E-state index < -0.39 is 0 Å². The monoisotopic (exact) mass is 607 g/mol. The van der Waals surface area contributed by atoms with Crippen molar-refractivity contribution in [2.75, 3.05) is 25.0 Å². The highest BCUT2D eigenvalue weighted by molar-refractivity contribution is 6.08. The highest BCUT2D eigenvalue weighted by Gasteiger charge is 2.12. The molecule has 2 aromatic rings. The van der Waals surface area contributed by atoms with Gasteiger partial charge in [-0.2, -0.15) is 0 Å². The number of aromatic nitrogens is 2. The van der Waals surface area contributed by atoms with Crippen LogP contribution in [0.3, 0.4) is 0 Å². The Bertz CT molecular complexity index is 1250. The van der Waals surface area contributed by atoms with E-state index in [4.69, 9.17) is 4.98 Å². The molecule has 44 heavy (non-hydrogen) atoms. The first-order valence-electron chi connectivity index (χ1n) is 17.2. The predicted molar refractivity (Wildman–Crippen MR) is 198 cm³/mol. The summed E-state index contributed by atoms with van der Waals surface area (Å²) < 4.78 is 1.63. The van der Waals surface area contributed by atoms with E-state index >= 15 is 0 Å². The van der Waals surface area contributed by atoms with Crippen LogP contribution < -0.4 is 10.5 Å². The minimum absolute atomic E-state index is 0.0993. The minimum Gasteiger partial charge on any atom is -0.370 e. The molecule has 0 aromatic carbocycles. The summed E-state index contributed by atoms with van der Waals surface area (Å²) in [6, 6.07) is 5.55. The van der Waals surface area contributed by atoms with E-state index in [0.29, 0.717) is 23.0 Å². The summed E-state index contributed by atoms with van der Waals surface area (Å²) in [4.78, 5) is 24.3. The molecule has 0 radical (unpaired) electrons. The highest BCUT2D eigenvalue weighted by atomic mass is 16.1. The normalized spacial score (nSPS) is 13.4. The number of unbranched alkanes of at least 4 members (excludes halogenated alkanes) is 2. The molecule has 0 aliphatic carbocycles. The molecule has 2 aromatic heterocycles. The number of hydrogen-bond acceptors (Lipinski definition) is 4. The summed E-state index contributed by atoms with van der Waals surface area (Å²) in [5.74, 6) is 1.48. The van der Waals surface area contributed by atoms with Gasteiger partial charge in [-0.05, 0) is 82.1 Å². The number of aliphatic imine (C=N–C) groups is 1. The number of hydrogen-bond donors (Lipinski definition) is 0. The average molecular weight is 607 g/mol. The Balaban J connectivity index is 0.00000110. The number of pyridine rings is 1. The lowest BCUT2D eigenvalue weighted by Gasteiger charge is -2.26. The highest BCUT2D eigenvalue weighted by Crippen LogP contribution is 2.18. The van der Waals surface area contributed by atoms with Crippen LogP contribution in [0.4, 0.5) is 5.69 Å². The largest absolute Gasteiger partial charge is 0.370 e. The second-order valence-corrected chi connectivity index (χ2v) is 12.1. The van der Waals surface area contributed by atoms with Crippen molar-refractivity contribution >= 4 is 17.0 Å². The summed E-state index contributed by atoms with van der Waals surface area (Å²) in [7, 11) is 1.71. The van der Waals surface area contributed by atoms with E-state index in [-0.39, 0.29) is 5.56 Å². The van der Waals surface area contributed by atoms with Gasteiger partial charge in [0.15, 0.2) is 0 Å². The van der Waals surface area contributed by atoms with Crippen molar-refractivity contribution in [3.8, 4) is 0 Å². The molecule has 248 valence electrons. The Hall–Kier alpha value is -2.95. The van der Waals surface area contributed by atoms with Gasteiger partial charge in [0.25, 0.3) is 5.56 Å². The standard InChI is InChI=1S/C25H36N4O.C10H20.C4H10/c1-8-13-28(14-12-19(5)9-2)21-10-11-24-27-23(16-25(30)29(24)17-21)22(26-7)15-20(6)18(3)4;1-5-7-8-10(4)9(3)6-2;1-3-4-2/h10-11,15-17,19H,3,8-9,12-14H2,1-2,4-7H3;8-9H,5-7H2,1-4H3;3-4H2,1-2H3/b20-15+,26-22?;10-8-;. The quantitative estimate of drug-likeness (QED) is 0.115. The van der Waals surface area contributed by atoms with E-state index in [1.807, 2.05) is 32.2 Å². The Morgan fingerprint density at radius 2 is 1.64 bits per heavy atom. The summed E-state index contributed by atoms with van der Waals surface area (Å²) in [5.41, 5.74) is 6.39. The molecule has 5 nitrogen and oxygen atoms in total. The number of rotatable bonds is 15. The van der Waals surface area contributed by atoms with E-state index in [1.54, 1.807) is 23.1 Å². The maximum absolute atomic E-state index is 12.9. The molecule has 0 aliphatic heterocycles. The lowest BCUT2D eigenvalue weighted by molar-refractivity contribution is 0.510. The van der Waals surface area contributed by atoms with Crippen molar-refractivity contribution < 1.29 is 0 Å². The molecule has 0 aliphatic rings. The van der Waals surface area contributed by atoms with Crippen LogP contribution in [0.15, 0.2) is 69.6 Å². The third-order valence-electron chi connectivity index (χ3n) is 8.27. The second kappa shape index (κ2) is 23.4. The summed E-state index contributed by atoms with van der Waals surface area (Å²) >= 11 is 0. The number of fused-ring (bicyclic) bond motifs is 1. The molecule has 0 bridgehead atoms. The summed E-state index contributed by atoms with van der Waals surface area (Å²) in [6.07, 6.45) is 16.0. The first kappa shape index (κ1) is 41.0. The Morgan fingerprint density at radius 3 is 2.14 bits per heavy atom. The smallest absolute Gasteiger partial charge is 0.258 e. The van der Waals surface area contributed by atoms with Gasteiger partial charge in [-0.15, -0.1) is 0 Å². The number of nitrogens with zero attached hydrogens (tertiary/aromatic N) is 4. The van der Waals surface area contributed by atoms with Gasteiger partial charge in [-0.25, -0.2) is 4.98 Å². The van der Waals surface area contributed by atoms with Gasteiger partial charge >= 0.3 is 0 Å². The van der Waals surface area contributed by atoms with Crippen LogP contribution in [-0.4, -0.2) is 35.2 Å². The van der Waals surface area contributed by atoms with Crippen molar-refractivity contribution in [3.63, 3.8) is 0 Å². The fourth-order valence-electron chi connectivity index (χ4n) is 4.11. The molecule has 0 amide bonds. The van der Waals surface area contributed by atoms with Gasteiger partial charge in [-0.3, -0.25) is 14.2 Å². The Labute approximate surface area is 271 Å². The second-order valence-electron chi connectivity index (χ2n) is 12.1. The van der Waals surface area contributed by atoms with Crippen molar-refractivity contribution in [1.82, 2.24) is 9.38 Å². The first-order chi connectivity index (χ1) is 20.9. The molecule has 2 unspecified atom stereocenters. The maximum atomic E-state index is 12.9. The maximum Gasteiger partial charge on any atom is 0.258 e. The third-order valence-corrected chi connectivity index (χ3v) is 8.27. The van der Waals surface area contributed by atoms with Gasteiger partial charge in [-0.1, -0.05) is 105 Å². The molecule has 0 fully saturated rings. The van der Waals surface area contributed by atoms with Gasteiger partial charge in [0.1, 0.15) is 5.65 Å². The van der Waals surface area contributed by atoms with Gasteiger partial charge < -0.3 is 4.90 Å². The molecule has 2 atom stereocenters. The van der Waals surface area contributed by atoms with E-state index in [1.165, 1.54) is 38.5 Å². The zero-order chi connectivity index (χ0) is 33.7. The van der Waals surface area contributed by atoms with Gasteiger partial charge in [0.05, 0.1) is 17.1 Å². The minimum atomic E-state index is -0.0993. The molecule has 0 saturated heterocycles. The van der Waals surface area contributed by atoms with Gasteiger partial charge in [0.2, 0.25) is 0 Å². The lowest BCUT2D eigenvalue weighted by atomic mass is 9.99. The molecular weight excluding hydrogens is 540 g/mol. The van der Waals surface area contributed by atoms with Crippen molar-refractivity contribution in [2.45, 2.75) is 128 Å². The molecule has 2 rings (SSSR count). The van der Waals surface area contributed by atoms with Crippen molar-refractivity contribution in [3.05, 3.63) is 75.9 Å². The zero-order valence-electron chi connectivity index (χ0n) is 30.6. The van der Waals surface area contributed by atoms with Crippen LogP contribution in [-0.2, 0) is 0 Å². The molecule has 0 saturated carbocycles. The van der Waals surface area contributed by atoms with Crippen LogP contribution in [0.1, 0.15) is 133 Å². The van der Waals surface area contributed by atoms with Gasteiger partial charge in [0, 0.05) is 32.4 Å². The van der Waals surface area contributed by atoms with Crippen LogP contribution in [0.2, 0.25) is 0 Å². The number of allylic oxidation sites excluding steroid dienone is 5. The molecule has 0 N–H and O–H groups in total. The fourth-order valence-corrected chi connectivity index (χ4v) is 4.11. The first-order valence-corrected chi connectivity index (χ1v) is 17.2. The SMILES string of the molecule is C=C(C)/C(C)=C/C(=NC)c1cc(=O)n2cc(N(CCC)CCC(C)CC)ccc2n1.CCC/C=C(/C)C(C)CC.CCCC. The predicted octanol–water partition coefficient (Wildman–Crippen LogP) is 10.9. The molecular formula is C39H66N4O. The van der Waals surface area contributed by atoms with E-state index in [9.17, 15) is 4.79 Å². The molecule has 0 spiro atoms. The number of anilines is 1. The Kier molecular flexibility index (Phi) is 21.9. The van der Waals surface area contributed by atoms with E-state index in [2.05, 4.69) is 90.9 Å². The third kappa shape index (κ3) is 15.2. The van der Waals surface area contributed by atoms with Crippen LogP contribution in [0, 0.1) is 11.8 Å². The van der Waals surface area contributed by atoms with Crippen LogP contribution in [0.25, 0.3) is 5.65 Å². The summed E-state index contributed by atoms with van der Waals surface area (Å²) in [5, 5.41) is 0. The van der Waals surface area contributed by atoms with Crippen molar-refractivity contribution in [1.29, 1.82) is 0 Å². The molecule has 5 heteroatoms.